The molecule has 1 aromatic carbocycles. The smallest absolute Gasteiger partial charge is 0.238 e. The highest BCUT2D eigenvalue weighted by molar-refractivity contribution is 6.13. The second-order valence-electron chi connectivity index (χ2n) is 5.37. The summed E-state index contributed by atoms with van der Waals surface area (Å²) in [6.07, 6.45) is 1.36. The molecule has 0 aromatic heterocycles. The number of rotatable bonds is 4. The summed E-state index contributed by atoms with van der Waals surface area (Å²) in [4.78, 5) is 23.5. The Morgan fingerprint density at radius 1 is 1.17 bits per heavy atom. The molecular weight excluding hydrogens is 226 g/mol. The Bertz CT molecular complexity index is 470. The number of carbonyl (C=O) groups excluding carboxylic acids is 2. The third-order valence-electron chi connectivity index (χ3n) is 3.69. The van der Waals surface area contributed by atoms with E-state index in [2.05, 4.69) is 19.2 Å². The molecule has 0 radical (unpaired) electrons. The van der Waals surface area contributed by atoms with Crippen LogP contribution in [0.1, 0.15) is 45.1 Å². The van der Waals surface area contributed by atoms with Crippen molar-refractivity contribution in [2.24, 2.45) is 5.41 Å². The van der Waals surface area contributed by atoms with Crippen LogP contribution in [0.25, 0.3) is 0 Å². The summed E-state index contributed by atoms with van der Waals surface area (Å²) in [6.45, 7) is 5.75. The van der Waals surface area contributed by atoms with E-state index in [4.69, 9.17) is 0 Å². The highest BCUT2D eigenvalue weighted by Gasteiger charge is 2.54. The van der Waals surface area contributed by atoms with Gasteiger partial charge in [-0.25, -0.2) is 0 Å². The average molecular weight is 245 g/mol. The van der Waals surface area contributed by atoms with Gasteiger partial charge in [-0.15, -0.1) is 0 Å². The second kappa shape index (κ2) is 4.56. The predicted octanol–water partition coefficient (Wildman–Crippen LogP) is 3.12. The largest absolute Gasteiger partial charge is 0.325 e. The van der Waals surface area contributed by atoms with Gasteiger partial charge in [0.2, 0.25) is 5.91 Å². The van der Waals surface area contributed by atoms with E-state index in [1.165, 1.54) is 12.5 Å². The number of hydrogen-bond donors (Lipinski definition) is 1. The fourth-order valence-corrected chi connectivity index (χ4v) is 2.07. The first kappa shape index (κ1) is 12.8. The summed E-state index contributed by atoms with van der Waals surface area (Å²) in [6, 6.07) is 7.80. The van der Waals surface area contributed by atoms with Crippen LogP contribution < -0.4 is 5.32 Å². The zero-order valence-electron chi connectivity index (χ0n) is 11.1. The highest BCUT2D eigenvalue weighted by Crippen LogP contribution is 2.47. The van der Waals surface area contributed by atoms with E-state index in [1.807, 2.05) is 24.3 Å². The maximum atomic E-state index is 12.0. The fourth-order valence-electron chi connectivity index (χ4n) is 2.07. The summed E-state index contributed by atoms with van der Waals surface area (Å²) >= 11 is 0. The molecule has 0 heterocycles. The Morgan fingerprint density at radius 3 is 2.11 bits per heavy atom. The minimum Gasteiger partial charge on any atom is -0.325 e. The van der Waals surface area contributed by atoms with Crippen LogP contribution in [0, 0.1) is 5.41 Å². The Morgan fingerprint density at radius 2 is 1.72 bits per heavy atom. The van der Waals surface area contributed by atoms with Crippen molar-refractivity contribution in [2.45, 2.75) is 39.5 Å². The van der Waals surface area contributed by atoms with Crippen LogP contribution >= 0.6 is 0 Å². The molecule has 1 aliphatic rings. The van der Waals surface area contributed by atoms with Crippen molar-refractivity contribution < 1.29 is 9.59 Å². The highest BCUT2D eigenvalue weighted by atomic mass is 16.2. The topological polar surface area (TPSA) is 46.2 Å². The third-order valence-corrected chi connectivity index (χ3v) is 3.69. The Labute approximate surface area is 108 Å². The predicted molar refractivity (Wildman–Crippen MR) is 71.5 cm³/mol. The minimum atomic E-state index is -0.739. The lowest BCUT2D eigenvalue weighted by Crippen LogP contribution is -2.29. The molecule has 0 saturated heterocycles. The van der Waals surface area contributed by atoms with Gasteiger partial charge < -0.3 is 5.32 Å². The lowest BCUT2D eigenvalue weighted by molar-refractivity contribution is -0.131. The van der Waals surface area contributed by atoms with Crippen LogP contribution in [0.15, 0.2) is 24.3 Å². The van der Waals surface area contributed by atoms with Crippen LogP contribution in [0.3, 0.4) is 0 Å². The average Bonchev–Trinajstić information content (AvgIpc) is 3.10. The zero-order chi connectivity index (χ0) is 13.3. The Hall–Kier alpha value is -1.64. The van der Waals surface area contributed by atoms with Gasteiger partial charge in [0.15, 0.2) is 0 Å². The van der Waals surface area contributed by atoms with Crippen molar-refractivity contribution in [2.75, 3.05) is 5.32 Å². The number of carbonyl (C=O) groups is 2. The molecule has 3 heteroatoms. The van der Waals surface area contributed by atoms with E-state index < -0.39 is 5.41 Å². The molecule has 1 aromatic rings. The normalized spacial score (nSPS) is 16.4. The van der Waals surface area contributed by atoms with Gasteiger partial charge in [0.1, 0.15) is 11.2 Å². The van der Waals surface area contributed by atoms with E-state index in [0.717, 1.165) is 5.69 Å². The lowest BCUT2D eigenvalue weighted by Gasteiger charge is -2.13. The first-order valence-electron chi connectivity index (χ1n) is 6.38. The standard InChI is InChI=1S/C15H19NO2/c1-10(2)12-4-6-13(7-5-12)16-14(18)15(8-9-15)11(3)17/h4-7,10H,8-9H2,1-3H3,(H,16,18). The van der Waals surface area contributed by atoms with E-state index >= 15 is 0 Å². The molecule has 0 unspecified atom stereocenters. The number of anilines is 1. The van der Waals surface area contributed by atoms with Gasteiger partial charge in [-0.1, -0.05) is 26.0 Å². The van der Waals surface area contributed by atoms with Gasteiger partial charge in [-0.3, -0.25) is 9.59 Å². The van der Waals surface area contributed by atoms with E-state index in [-0.39, 0.29) is 11.7 Å². The fraction of sp³-hybridized carbons (Fsp3) is 0.467. The summed E-state index contributed by atoms with van der Waals surface area (Å²) in [5.41, 5.74) is 1.26. The number of amides is 1. The maximum Gasteiger partial charge on any atom is 0.238 e. The molecule has 2 rings (SSSR count). The van der Waals surface area contributed by atoms with Crippen molar-refractivity contribution in [3.8, 4) is 0 Å². The van der Waals surface area contributed by atoms with Gasteiger partial charge in [0.05, 0.1) is 0 Å². The SMILES string of the molecule is CC(=O)C1(C(=O)Nc2ccc(C(C)C)cc2)CC1. The molecule has 18 heavy (non-hydrogen) atoms. The van der Waals surface area contributed by atoms with Crippen LogP contribution in [0.4, 0.5) is 5.69 Å². The van der Waals surface area contributed by atoms with Gasteiger partial charge >= 0.3 is 0 Å². The van der Waals surface area contributed by atoms with Crippen molar-refractivity contribution in [1.82, 2.24) is 0 Å². The second-order valence-corrected chi connectivity index (χ2v) is 5.37. The summed E-state index contributed by atoms with van der Waals surface area (Å²) in [5.74, 6) is 0.285. The summed E-state index contributed by atoms with van der Waals surface area (Å²) < 4.78 is 0. The van der Waals surface area contributed by atoms with Crippen LogP contribution in [-0.2, 0) is 9.59 Å². The van der Waals surface area contributed by atoms with Crippen molar-refractivity contribution in [1.29, 1.82) is 0 Å². The quantitative estimate of drug-likeness (QED) is 0.828. The van der Waals surface area contributed by atoms with Gasteiger partial charge in [-0.2, -0.15) is 0 Å². The molecule has 1 fully saturated rings. The number of Topliss-reactive ketones (excluding diaryl/α,β-unsaturated/α-hetero) is 1. The number of nitrogens with one attached hydrogen (secondary N) is 1. The molecule has 0 bridgehead atoms. The van der Waals surface area contributed by atoms with Gasteiger partial charge in [0, 0.05) is 5.69 Å². The first-order valence-corrected chi connectivity index (χ1v) is 6.38. The molecule has 0 atom stereocenters. The maximum absolute atomic E-state index is 12.0. The number of hydrogen-bond acceptors (Lipinski definition) is 2. The first-order chi connectivity index (χ1) is 8.45. The Balaban J connectivity index is 2.06. The van der Waals surface area contributed by atoms with Crippen LogP contribution in [0.5, 0.6) is 0 Å². The van der Waals surface area contributed by atoms with E-state index in [1.54, 1.807) is 0 Å². The summed E-state index contributed by atoms with van der Waals surface area (Å²) in [5, 5.41) is 2.83. The molecular formula is C15H19NO2. The van der Waals surface area contributed by atoms with Gasteiger partial charge in [0.25, 0.3) is 0 Å². The van der Waals surface area contributed by atoms with Crippen molar-refractivity contribution >= 4 is 17.4 Å². The molecule has 1 N–H and O–H groups in total. The van der Waals surface area contributed by atoms with Crippen molar-refractivity contribution in [3.63, 3.8) is 0 Å². The van der Waals surface area contributed by atoms with Crippen LogP contribution in [0.2, 0.25) is 0 Å². The summed E-state index contributed by atoms with van der Waals surface area (Å²) in [7, 11) is 0. The monoisotopic (exact) mass is 245 g/mol. The number of ketones is 1. The molecule has 1 saturated carbocycles. The minimum absolute atomic E-state index is 0.0289. The molecule has 1 amide bonds. The van der Waals surface area contributed by atoms with E-state index in [9.17, 15) is 9.59 Å². The van der Waals surface area contributed by atoms with Crippen LogP contribution in [-0.4, -0.2) is 11.7 Å². The third kappa shape index (κ3) is 2.30. The van der Waals surface area contributed by atoms with Crippen molar-refractivity contribution in [3.05, 3.63) is 29.8 Å². The Kier molecular flexibility index (Phi) is 3.24. The van der Waals surface area contributed by atoms with E-state index in [0.29, 0.717) is 18.8 Å². The molecule has 3 nitrogen and oxygen atoms in total. The molecule has 0 aliphatic heterocycles. The molecule has 96 valence electrons. The lowest BCUT2D eigenvalue weighted by atomic mass is 10.0. The molecule has 0 spiro atoms. The molecule has 1 aliphatic carbocycles. The number of benzene rings is 1. The van der Waals surface area contributed by atoms with Gasteiger partial charge in [-0.05, 0) is 43.4 Å². The zero-order valence-corrected chi connectivity index (χ0v) is 11.1.